The van der Waals surface area contributed by atoms with Gasteiger partial charge in [-0.25, -0.2) is 0 Å². The highest BCUT2D eigenvalue weighted by molar-refractivity contribution is 4.85. The van der Waals surface area contributed by atoms with Crippen LogP contribution >= 0.6 is 0 Å². The van der Waals surface area contributed by atoms with Crippen LogP contribution < -0.4 is 0 Å². The van der Waals surface area contributed by atoms with Crippen LogP contribution in [0.2, 0.25) is 0 Å². The number of hydrogen-bond acceptors (Lipinski definition) is 3. The fourth-order valence-electron chi connectivity index (χ4n) is 2.71. The molecule has 0 atom stereocenters. The van der Waals surface area contributed by atoms with Gasteiger partial charge in [-0.3, -0.25) is 0 Å². The molecule has 0 spiro atoms. The van der Waals surface area contributed by atoms with Crippen LogP contribution in [0.3, 0.4) is 0 Å². The summed E-state index contributed by atoms with van der Waals surface area (Å²) in [6, 6.07) is 0.612. The number of nitrogens with zero attached hydrogens (tertiary/aromatic N) is 1. The molecule has 0 unspecified atom stereocenters. The van der Waals surface area contributed by atoms with Gasteiger partial charge in [-0.05, 0) is 38.1 Å². The van der Waals surface area contributed by atoms with Gasteiger partial charge in [0.2, 0.25) is 0 Å². The molecule has 3 nitrogen and oxygen atoms in total. The van der Waals surface area contributed by atoms with Gasteiger partial charge in [0.1, 0.15) is 0 Å². The number of aliphatic hydroxyl groups excluding tert-OH is 2. The molecule has 1 fully saturated rings. The Labute approximate surface area is 106 Å². The summed E-state index contributed by atoms with van der Waals surface area (Å²) in [7, 11) is 2.12. The zero-order valence-corrected chi connectivity index (χ0v) is 11.9. The molecule has 0 aromatic carbocycles. The first-order chi connectivity index (χ1) is 7.82. The standard InChI is InChI=1S/C14H29NO2/c1-13(2)7-5-12(6-8-13)15(4)9-14(3,10-16)11-17/h12,16-17H,5-11H2,1-4H3. The normalized spacial score (nSPS) is 22.1. The van der Waals surface area contributed by atoms with Crippen LogP contribution in [0, 0.1) is 10.8 Å². The zero-order valence-electron chi connectivity index (χ0n) is 11.9. The Morgan fingerprint density at radius 1 is 1.18 bits per heavy atom. The van der Waals surface area contributed by atoms with E-state index in [0.717, 1.165) is 6.54 Å². The Morgan fingerprint density at radius 2 is 1.65 bits per heavy atom. The van der Waals surface area contributed by atoms with Crippen molar-refractivity contribution in [1.29, 1.82) is 0 Å². The van der Waals surface area contributed by atoms with Gasteiger partial charge >= 0.3 is 0 Å². The summed E-state index contributed by atoms with van der Waals surface area (Å²) in [5, 5.41) is 18.7. The zero-order chi connectivity index (χ0) is 13.1. The maximum atomic E-state index is 9.33. The van der Waals surface area contributed by atoms with Crippen molar-refractivity contribution in [2.24, 2.45) is 10.8 Å². The van der Waals surface area contributed by atoms with Crippen LogP contribution in [0.4, 0.5) is 0 Å². The Hall–Kier alpha value is -0.120. The lowest BCUT2D eigenvalue weighted by atomic mass is 9.75. The molecule has 17 heavy (non-hydrogen) atoms. The van der Waals surface area contributed by atoms with Crippen molar-refractivity contribution >= 4 is 0 Å². The average molecular weight is 243 g/mol. The highest BCUT2D eigenvalue weighted by atomic mass is 16.3. The van der Waals surface area contributed by atoms with Gasteiger partial charge in [0.05, 0.1) is 13.2 Å². The van der Waals surface area contributed by atoms with Crippen LogP contribution in [0.1, 0.15) is 46.5 Å². The van der Waals surface area contributed by atoms with E-state index in [1.54, 1.807) is 0 Å². The second kappa shape index (κ2) is 5.68. The first-order valence-corrected chi connectivity index (χ1v) is 6.74. The summed E-state index contributed by atoms with van der Waals surface area (Å²) in [5.41, 5.74) is 0.121. The number of hydrogen-bond donors (Lipinski definition) is 2. The second-order valence-electron chi connectivity index (χ2n) is 6.94. The van der Waals surface area contributed by atoms with Gasteiger partial charge in [0.25, 0.3) is 0 Å². The van der Waals surface area contributed by atoms with Crippen LogP contribution in [0.15, 0.2) is 0 Å². The molecule has 0 aromatic heterocycles. The Bertz CT molecular complexity index is 226. The van der Waals surface area contributed by atoms with Gasteiger partial charge in [-0.1, -0.05) is 20.8 Å². The smallest absolute Gasteiger partial charge is 0.0519 e. The van der Waals surface area contributed by atoms with Crippen LogP contribution in [0.25, 0.3) is 0 Å². The molecule has 1 rings (SSSR count). The van der Waals surface area contributed by atoms with Crippen molar-refractivity contribution in [3.63, 3.8) is 0 Å². The fraction of sp³-hybridized carbons (Fsp3) is 1.00. The van der Waals surface area contributed by atoms with Gasteiger partial charge in [0.15, 0.2) is 0 Å². The molecule has 3 heteroatoms. The number of rotatable bonds is 5. The molecule has 0 aliphatic heterocycles. The molecule has 0 bridgehead atoms. The van der Waals surface area contributed by atoms with E-state index in [9.17, 15) is 10.2 Å². The molecule has 0 radical (unpaired) electrons. The molecular formula is C14H29NO2. The Morgan fingerprint density at radius 3 is 2.06 bits per heavy atom. The summed E-state index contributed by atoms with van der Waals surface area (Å²) < 4.78 is 0. The molecule has 2 N–H and O–H groups in total. The van der Waals surface area contributed by atoms with Gasteiger partial charge in [-0.15, -0.1) is 0 Å². The Balaban J connectivity index is 2.46. The molecular weight excluding hydrogens is 214 g/mol. The summed E-state index contributed by atoms with van der Waals surface area (Å²) in [5.74, 6) is 0. The molecule has 102 valence electrons. The van der Waals surface area contributed by atoms with E-state index >= 15 is 0 Å². The van der Waals surface area contributed by atoms with Crippen molar-refractivity contribution < 1.29 is 10.2 Å². The summed E-state index contributed by atoms with van der Waals surface area (Å²) in [4.78, 5) is 2.32. The van der Waals surface area contributed by atoms with Gasteiger partial charge in [0, 0.05) is 18.0 Å². The van der Waals surface area contributed by atoms with Gasteiger partial charge in [-0.2, -0.15) is 0 Å². The molecule has 1 aliphatic rings. The van der Waals surface area contributed by atoms with Crippen molar-refractivity contribution in [3.05, 3.63) is 0 Å². The number of aliphatic hydroxyl groups is 2. The molecule has 0 heterocycles. The lowest BCUT2D eigenvalue weighted by Gasteiger charge is -2.41. The lowest BCUT2D eigenvalue weighted by Crippen LogP contribution is -2.45. The van der Waals surface area contributed by atoms with E-state index in [1.807, 2.05) is 6.92 Å². The monoisotopic (exact) mass is 243 g/mol. The van der Waals surface area contributed by atoms with E-state index in [2.05, 4.69) is 25.8 Å². The maximum Gasteiger partial charge on any atom is 0.0519 e. The highest BCUT2D eigenvalue weighted by Gasteiger charge is 2.32. The fourth-order valence-corrected chi connectivity index (χ4v) is 2.71. The van der Waals surface area contributed by atoms with E-state index in [4.69, 9.17) is 0 Å². The minimum Gasteiger partial charge on any atom is -0.396 e. The first kappa shape index (κ1) is 14.9. The third kappa shape index (κ3) is 4.23. The minimum absolute atomic E-state index is 0.0477. The molecule has 1 saturated carbocycles. The lowest BCUT2D eigenvalue weighted by molar-refractivity contribution is 0.0190. The van der Waals surface area contributed by atoms with Crippen molar-refractivity contribution in [1.82, 2.24) is 4.90 Å². The first-order valence-electron chi connectivity index (χ1n) is 6.74. The van der Waals surface area contributed by atoms with Crippen molar-refractivity contribution in [2.75, 3.05) is 26.8 Å². The largest absolute Gasteiger partial charge is 0.396 e. The SMILES string of the molecule is CN(CC(C)(CO)CO)C1CCC(C)(C)CC1. The van der Waals surface area contributed by atoms with Gasteiger partial charge < -0.3 is 15.1 Å². The summed E-state index contributed by atoms with van der Waals surface area (Å²) in [6.07, 6.45) is 5.01. The molecule has 0 aromatic rings. The van der Waals surface area contributed by atoms with Crippen LogP contribution in [-0.4, -0.2) is 48.0 Å². The highest BCUT2D eigenvalue weighted by Crippen LogP contribution is 2.37. The van der Waals surface area contributed by atoms with Crippen LogP contribution in [-0.2, 0) is 0 Å². The van der Waals surface area contributed by atoms with E-state index in [1.165, 1.54) is 25.7 Å². The predicted octanol–water partition coefficient (Wildman–Crippen LogP) is 1.88. The molecule has 1 aliphatic carbocycles. The third-order valence-electron chi connectivity index (χ3n) is 4.33. The molecule has 0 saturated heterocycles. The minimum atomic E-state index is -0.373. The van der Waals surface area contributed by atoms with E-state index < -0.39 is 0 Å². The average Bonchev–Trinajstić information content (AvgIpc) is 2.28. The quantitative estimate of drug-likeness (QED) is 0.775. The van der Waals surface area contributed by atoms with Crippen molar-refractivity contribution in [3.8, 4) is 0 Å². The Kier molecular flexibility index (Phi) is 4.99. The second-order valence-corrected chi connectivity index (χ2v) is 6.94. The summed E-state index contributed by atoms with van der Waals surface area (Å²) >= 11 is 0. The predicted molar refractivity (Wildman–Crippen MR) is 70.9 cm³/mol. The molecule has 0 amide bonds. The van der Waals surface area contributed by atoms with E-state index in [-0.39, 0.29) is 18.6 Å². The van der Waals surface area contributed by atoms with Crippen LogP contribution in [0.5, 0.6) is 0 Å². The third-order valence-corrected chi connectivity index (χ3v) is 4.33. The van der Waals surface area contributed by atoms with E-state index in [0.29, 0.717) is 11.5 Å². The maximum absolute atomic E-state index is 9.33. The van der Waals surface area contributed by atoms with Crippen molar-refractivity contribution in [2.45, 2.75) is 52.5 Å². The summed E-state index contributed by atoms with van der Waals surface area (Å²) in [6.45, 7) is 7.49. The topological polar surface area (TPSA) is 43.7 Å².